The molecule has 2 aliphatic heterocycles. The molecule has 2 heterocycles. The van der Waals surface area contributed by atoms with E-state index in [-0.39, 0.29) is 17.9 Å². The lowest BCUT2D eigenvalue weighted by molar-refractivity contribution is -0.155. The molecule has 3 amide bonds. The minimum Gasteiger partial charge on any atom is -0.450 e. The number of hydrogen-bond donors (Lipinski definition) is 0. The van der Waals surface area contributed by atoms with Gasteiger partial charge in [-0.3, -0.25) is 9.59 Å². The maximum absolute atomic E-state index is 12.9. The van der Waals surface area contributed by atoms with Gasteiger partial charge < -0.3 is 19.4 Å². The highest BCUT2D eigenvalue weighted by Crippen LogP contribution is 2.25. The highest BCUT2D eigenvalue weighted by Gasteiger charge is 2.42. The molecule has 0 aromatic carbocycles. The van der Waals surface area contributed by atoms with Crippen LogP contribution in [0.25, 0.3) is 0 Å². The smallest absolute Gasteiger partial charge is 0.409 e. The van der Waals surface area contributed by atoms with Gasteiger partial charge in [0.25, 0.3) is 0 Å². The van der Waals surface area contributed by atoms with Gasteiger partial charge >= 0.3 is 6.09 Å². The number of carbonyl (C=O) groups is 3. The van der Waals surface area contributed by atoms with Crippen LogP contribution in [-0.2, 0) is 14.3 Å². The topological polar surface area (TPSA) is 70.2 Å². The van der Waals surface area contributed by atoms with E-state index in [2.05, 4.69) is 0 Å². The minimum absolute atomic E-state index is 0.0766. The molecule has 0 bridgehead atoms. The van der Waals surface area contributed by atoms with Crippen LogP contribution in [0.3, 0.4) is 0 Å². The van der Waals surface area contributed by atoms with E-state index in [1.165, 1.54) is 0 Å². The van der Waals surface area contributed by atoms with Crippen molar-refractivity contribution in [2.24, 2.45) is 5.41 Å². The fourth-order valence-corrected chi connectivity index (χ4v) is 3.46. The Balaban J connectivity index is 1.94. The van der Waals surface area contributed by atoms with Crippen LogP contribution >= 0.6 is 0 Å². The number of likely N-dealkylation sites (tertiary alicyclic amines) is 1. The zero-order chi connectivity index (χ0) is 18.4. The Morgan fingerprint density at radius 1 is 0.760 bits per heavy atom. The number of rotatable bonds is 3. The number of amides is 3. The molecule has 142 valence electrons. The van der Waals surface area contributed by atoms with Crippen molar-refractivity contribution < 1.29 is 19.1 Å². The molecule has 7 heteroatoms. The first-order chi connectivity index (χ1) is 11.9. The van der Waals surface area contributed by atoms with Gasteiger partial charge in [-0.1, -0.05) is 12.8 Å². The summed E-state index contributed by atoms with van der Waals surface area (Å²) in [5.74, 6) is -0.225. The predicted octanol–water partition coefficient (Wildman–Crippen LogP) is 1.72. The fraction of sp³-hybridized carbons (Fsp3) is 0.833. The molecule has 0 N–H and O–H groups in total. The lowest BCUT2D eigenvalue weighted by atomic mass is 9.89. The third kappa shape index (κ3) is 4.64. The van der Waals surface area contributed by atoms with Crippen molar-refractivity contribution in [2.75, 3.05) is 45.9 Å². The maximum Gasteiger partial charge on any atom is 0.409 e. The van der Waals surface area contributed by atoms with Gasteiger partial charge in [0.2, 0.25) is 11.8 Å². The molecule has 0 unspecified atom stereocenters. The molecule has 2 aliphatic rings. The largest absolute Gasteiger partial charge is 0.450 e. The van der Waals surface area contributed by atoms with E-state index >= 15 is 0 Å². The molecule has 0 aliphatic carbocycles. The predicted molar refractivity (Wildman–Crippen MR) is 94.0 cm³/mol. The van der Waals surface area contributed by atoms with Gasteiger partial charge in [-0.2, -0.15) is 0 Å². The number of nitrogens with zero attached hydrogens (tertiary/aromatic N) is 3. The lowest BCUT2D eigenvalue weighted by Crippen LogP contribution is -2.56. The van der Waals surface area contributed by atoms with Crippen LogP contribution in [-0.4, -0.2) is 78.5 Å². The minimum atomic E-state index is -1.06. The summed E-state index contributed by atoms with van der Waals surface area (Å²) < 4.78 is 5.00. The molecule has 0 atom stereocenters. The number of piperazine rings is 1. The van der Waals surface area contributed by atoms with Gasteiger partial charge in [0.05, 0.1) is 6.61 Å². The van der Waals surface area contributed by atoms with Crippen LogP contribution in [0.5, 0.6) is 0 Å². The summed E-state index contributed by atoms with van der Waals surface area (Å²) in [5, 5.41) is 0. The fourth-order valence-electron chi connectivity index (χ4n) is 3.46. The molecular weight excluding hydrogens is 322 g/mol. The van der Waals surface area contributed by atoms with Gasteiger partial charge in [0, 0.05) is 39.3 Å². The number of carbonyl (C=O) groups excluding carboxylic acids is 3. The molecule has 0 saturated carbocycles. The Labute approximate surface area is 150 Å². The van der Waals surface area contributed by atoms with Crippen LogP contribution in [0.2, 0.25) is 0 Å². The quantitative estimate of drug-likeness (QED) is 0.725. The van der Waals surface area contributed by atoms with Crippen molar-refractivity contribution in [3.8, 4) is 0 Å². The normalized spacial score (nSPS) is 19.4. The second-order valence-electron chi connectivity index (χ2n) is 7.31. The monoisotopic (exact) mass is 353 g/mol. The van der Waals surface area contributed by atoms with E-state index < -0.39 is 5.41 Å². The zero-order valence-electron chi connectivity index (χ0n) is 15.8. The highest BCUT2D eigenvalue weighted by molar-refractivity contribution is 6.04. The summed E-state index contributed by atoms with van der Waals surface area (Å²) >= 11 is 0. The second kappa shape index (κ2) is 8.54. The first-order valence-electron chi connectivity index (χ1n) is 9.38. The Kier molecular flexibility index (Phi) is 6.67. The molecule has 0 aromatic heterocycles. The Morgan fingerprint density at radius 3 is 1.68 bits per heavy atom. The Morgan fingerprint density at radius 2 is 1.20 bits per heavy atom. The van der Waals surface area contributed by atoms with Crippen molar-refractivity contribution in [3.63, 3.8) is 0 Å². The van der Waals surface area contributed by atoms with Gasteiger partial charge in [0.15, 0.2) is 0 Å². The van der Waals surface area contributed by atoms with Crippen molar-refractivity contribution in [1.29, 1.82) is 0 Å². The SMILES string of the molecule is CCOC(=O)N1CCN(C(=O)C(C)(C)C(=O)N2CCCCCC2)CC1. The molecule has 25 heavy (non-hydrogen) atoms. The van der Waals surface area contributed by atoms with Crippen molar-refractivity contribution in [2.45, 2.75) is 46.5 Å². The summed E-state index contributed by atoms with van der Waals surface area (Å²) in [5.41, 5.74) is -1.06. The molecular formula is C18H31N3O4. The van der Waals surface area contributed by atoms with E-state index in [1.807, 2.05) is 4.90 Å². The highest BCUT2D eigenvalue weighted by atomic mass is 16.6. The van der Waals surface area contributed by atoms with Gasteiger partial charge in [-0.25, -0.2) is 4.79 Å². The van der Waals surface area contributed by atoms with Crippen LogP contribution in [0, 0.1) is 5.41 Å². The molecule has 2 fully saturated rings. The summed E-state index contributed by atoms with van der Waals surface area (Å²) in [6, 6.07) is 0. The third-order valence-electron chi connectivity index (χ3n) is 5.06. The third-order valence-corrected chi connectivity index (χ3v) is 5.06. The molecule has 7 nitrogen and oxygen atoms in total. The van der Waals surface area contributed by atoms with E-state index in [0.717, 1.165) is 38.8 Å². The van der Waals surface area contributed by atoms with Crippen molar-refractivity contribution in [3.05, 3.63) is 0 Å². The maximum atomic E-state index is 12.9. The molecule has 2 saturated heterocycles. The molecule has 0 spiro atoms. The van der Waals surface area contributed by atoms with Crippen molar-refractivity contribution >= 4 is 17.9 Å². The average Bonchev–Trinajstić information content (AvgIpc) is 2.90. The molecule has 2 rings (SSSR count). The standard InChI is InChI=1S/C18H31N3O4/c1-4-25-17(24)21-13-11-20(12-14-21)16(23)18(2,3)15(22)19-9-7-5-6-8-10-19/h4-14H2,1-3H3. The second-order valence-corrected chi connectivity index (χ2v) is 7.31. The first kappa shape index (κ1) is 19.5. The Bertz CT molecular complexity index is 491. The van der Waals surface area contributed by atoms with Crippen LogP contribution in [0.4, 0.5) is 4.79 Å². The summed E-state index contributed by atoms with van der Waals surface area (Å²) in [6.45, 7) is 8.81. The van der Waals surface area contributed by atoms with E-state index in [0.29, 0.717) is 32.8 Å². The summed E-state index contributed by atoms with van der Waals surface area (Å²) in [4.78, 5) is 42.8. The number of hydrogen-bond acceptors (Lipinski definition) is 4. The summed E-state index contributed by atoms with van der Waals surface area (Å²) in [7, 11) is 0. The van der Waals surface area contributed by atoms with Gasteiger partial charge in [-0.05, 0) is 33.6 Å². The van der Waals surface area contributed by atoms with Crippen molar-refractivity contribution in [1.82, 2.24) is 14.7 Å². The van der Waals surface area contributed by atoms with Crippen LogP contribution in [0.1, 0.15) is 46.5 Å². The zero-order valence-corrected chi connectivity index (χ0v) is 15.8. The van der Waals surface area contributed by atoms with Crippen LogP contribution in [0.15, 0.2) is 0 Å². The van der Waals surface area contributed by atoms with E-state index in [4.69, 9.17) is 4.74 Å². The van der Waals surface area contributed by atoms with E-state index in [1.54, 1.807) is 30.6 Å². The van der Waals surface area contributed by atoms with Crippen LogP contribution < -0.4 is 0 Å². The Hall–Kier alpha value is -1.79. The van der Waals surface area contributed by atoms with Gasteiger partial charge in [-0.15, -0.1) is 0 Å². The lowest BCUT2D eigenvalue weighted by Gasteiger charge is -2.39. The van der Waals surface area contributed by atoms with Gasteiger partial charge in [0.1, 0.15) is 5.41 Å². The molecule has 0 aromatic rings. The number of ether oxygens (including phenoxy) is 1. The average molecular weight is 353 g/mol. The van der Waals surface area contributed by atoms with E-state index in [9.17, 15) is 14.4 Å². The first-order valence-corrected chi connectivity index (χ1v) is 9.38. The summed E-state index contributed by atoms with van der Waals surface area (Å²) in [6.07, 6.45) is 3.97. The molecule has 0 radical (unpaired) electrons.